The van der Waals surface area contributed by atoms with E-state index in [-0.39, 0.29) is 22.7 Å². The monoisotopic (exact) mass is 308 g/mol. The topological polar surface area (TPSA) is 72.2 Å². The number of nitro groups is 1. The van der Waals surface area contributed by atoms with Gasteiger partial charge in [-0.2, -0.15) is 0 Å². The molecule has 1 aliphatic carbocycles. The predicted molar refractivity (Wildman–Crippen MR) is 78.9 cm³/mol. The Labute approximate surface area is 127 Å². The van der Waals surface area contributed by atoms with Crippen molar-refractivity contribution in [2.45, 2.75) is 49.6 Å². The standard InChI is InChI=1S/C15H17ClN2O3/c16-11-4-2-10(3-5-11)15(8-1-9-15)14-12(18(20)21)6-7-13(19)17-14/h2-5,12,14H,1,6-9H2,(H,17,19). The summed E-state index contributed by atoms with van der Waals surface area (Å²) in [6, 6.07) is 6.34. The van der Waals surface area contributed by atoms with Crippen molar-refractivity contribution in [3.63, 3.8) is 0 Å². The molecule has 2 unspecified atom stereocenters. The minimum Gasteiger partial charge on any atom is -0.346 e. The van der Waals surface area contributed by atoms with Gasteiger partial charge in [0.1, 0.15) is 6.04 Å². The predicted octanol–water partition coefficient (Wildman–Crippen LogP) is 2.69. The van der Waals surface area contributed by atoms with Crippen molar-refractivity contribution in [3.05, 3.63) is 45.0 Å². The van der Waals surface area contributed by atoms with Gasteiger partial charge < -0.3 is 5.32 Å². The van der Waals surface area contributed by atoms with Crippen LogP contribution in [0.4, 0.5) is 0 Å². The molecule has 112 valence electrons. The molecule has 1 saturated heterocycles. The fourth-order valence-electron chi connectivity index (χ4n) is 3.64. The van der Waals surface area contributed by atoms with Gasteiger partial charge in [-0.3, -0.25) is 14.9 Å². The number of carbonyl (C=O) groups excluding carboxylic acids is 1. The average Bonchev–Trinajstić information content (AvgIpc) is 2.39. The molecule has 0 radical (unpaired) electrons. The second kappa shape index (κ2) is 5.30. The molecule has 0 aromatic heterocycles. The van der Waals surface area contributed by atoms with E-state index in [1.165, 1.54) is 0 Å². The molecule has 1 aliphatic heterocycles. The van der Waals surface area contributed by atoms with Gasteiger partial charge in [0.25, 0.3) is 0 Å². The summed E-state index contributed by atoms with van der Waals surface area (Å²) in [5.41, 5.74) is 0.718. The van der Waals surface area contributed by atoms with Crippen molar-refractivity contribution < 1.29 is 9.72 Å². The minimum absolute atomic E-state index is 0.0849. The number of amides is 1. The first-order valence-corrected chi connectivity index (χ1v) is 7.60. The summed E-state index contributed by atoms with van der Waals surface area (Å²) in [6.45, 7) is 0. The summed E-state index contributed by atoms with van der Waals surface area (Å²) < 4.78 is 0. The van der Waals surface area contributed by atoms with Crippen LogP contribution >= 0.6 is 11.6 Å². The van der Waals surface area contributed by atoms with E-state index in [4.69, 9.17) is 11.6 Å². The van der Waals surface area contributed by atoms with Crippen LogP contribution in [0.15, 0.2) is 24.3 Å². The molecular formula is C15H17ClN2O3. The minimum atomic E-state index is -0.710. The summed E-state index contributed by atoms with van der Waals surface area (Å²) in [5.74, 6) is -0.0849. The maximum absolute atomic E-state index is 11.8. The molecule has 1 aromatic rings. The highest BCUT2D eigenvalue weighted by atomic mass is 35.5. The highest BCUT2D eigenvalue weighted by Crippen LogP contribution is 2.48. The third kappa shape index (κ3) is 2.39. The van der Waals surface area contributed by atoms with Crippen LogP contribution in [0, 0.1) is 10.1 Å². The number of rotatable bonds is 3. The van der Waals surface area contributed by atoms with Crippen molar-refractivity contribution in [2.24, 2.45) is 0 Å². The smallest absolute Gasteiger partial charge is 0.234 e. The van der Waals surface area contributed by atoms with E-state index >= 15 is 0 Å². The third-order valence-corrected chi connectivity index (χ3v) is 5.15. The van der Waals surface area contributed by atoms with E-state index in [1.54, 1.807) is 0 Å². The van der Waals surface area contributed by atoms with E-state index in [0.29, 0.717) is 11.4 Å². The molecule has 1 saturated carbocycles. The van der Waals surface area contributed by atoms with Crippen molar-refractivity contribution in [2.75, 3.05) is 0 Å². The van der Waals surface area contributed by atoms with Gasteiger partial charge in [-0.25, -0.2) is 0 Å². The number of halogens is 1. The van der Waals surface area contributed by atoms with E-state index < -0.39 is 12.1 Å². The molecule has 3 rings (SSSR count). The molecule has 2 aliphatic rings. The molecule has 0 spiro atoms. The van der Waals surface area contributed by atoms with E-state index in [2.05, 4.69) is 5.32 Å². The summed E-state index contributed by atoms with van der Waals surface area (Å²) in [5, 5.41) is 14.9. The van der Waals surface area contributed by atoms with Crippen LogP contribution in [-0.4, -0.2) is 22.9 Å². The number of nitrogens with zero attached hydrogens (tertiary/aromatic N) is 1. The van der Waals surface area contributed by atoms with Gasteiger partial charge >= 0.3 is 0 Å². The molecule has 2 atom stereocenters. The van der Waals surface area contributed by atoms with Gasteiger partial charge in [0.15, 0.2) is 0 Å². The summed E-state index contributed by atoms with van der Waals surface area (Å²) in [6.07, 6.45) is 3.31. The van der Waals surface area contributed by atoms with Crippen LogP contribution < -0.4 is 5.32 Å². The Morgan fingerprint density at radius 1 is 1.29 bits per heavy atom. The van der Waals surface area contributed by atoms with Gasteiger partial charge in [-0.05, 0) is 30.5 Å². The Morgan fingerprint density at radius 3 is 2.48 bits per heavy atom. The number of benzene rings is 1. The fraction of sp³-hybridized carbons (Fsp3) is 0.533. The van der Waals surface area contributed by atoms with Crippen LogP contribution in [0.2, 0.25) is 5.02 Å². The Hall–Kier alpha value is -1.62. The molecule has 0 bridgehead atoms. The van der Waals surface area contributed by atoms with Gasteiger partial charge in [0, 0.05) is 28.2 Å². The van der Waals surface area contributed by atoms with Crippen LogP contribution in [-0.2, 0) is 10.2 Å². The molecule has 1 aromatic carbocycles. The van der Waals surface area contributed by atoms with E-state index in [1.807, 2.05) is 24.3 Å². The Kier molecular flexibility index (Phi) is 3.61. The lowest BCUT2D eigenvalue weighted by atomic mass is 9.58. The van der Waals surface area contributed by atoms with Crippen LogP contribution in [0.3, 0.4) is 0 Å². The van der Waals surface area contributed by atoms with Crippen LogP contribution in [0.25, 0.3) is 0 Å². The number of piperidine rings is 1. The molecular weight excluding hydrogens is 292 g/mol. The highest BCUT2D eigenvalue weighted by molar-refractivity contribution is 6.30. The zero-order valence-corrected chi connectivity index (χ0v) is 12.3. The van der Waals surface area contributed by atoms with Crippen molar-refractivity contribution >= 4 is 17.5 Å². The lowest BCUT2D eigenvalue weighted by Gasteiger charge is -2.49. The lowest BCUT2D eigenvalue weighted by Crippen LogP contribution is -2.63. The van der Waals surface area contributed by atoms with Gasteiger partial charge in [0.2, 0.25) is 11.9 Å². The Bertz CT molecular complexity index is 569. The summed E-state index contributed by atoms with van der Waals surface area (Å²) in [4.78, 5) is 22.9. The molecule has 1 heterocycles. The van der Waals surface area contributed by atoms with E-state index in [0.717, 1.165) is 24.8 Å². The van der Waals surface area contributed by atoms with Crippen LogP contribution in [0.1, 0.15) is 37.7 Å². The molecule has 21 heavy (non-hydrogen) atoms. The zero-order chi connectivity index (χ0) is 15.0. The quantitative estimate of drug-likeness (QED) is 0.689. The third-order valence-electron chi connectivity index (χ3n) is 4.90. The Morgan fingerprint density at radius 2 is 1.95 bits per heavy atom. The van der Waals surface area contributed by atoms with Gasteiger partial charge in [0.05, 0.1) is 0 Å². The second-order valence-electron chi connectivity index (χ2n) is 5.95. The maximum Gasteiger partial charge on any atom is 0.234 e. The van der Waals surface area contributed by atoms with E-state index in [9.17, 15) is 14.9 Å². The fourth-order valence-corrected chi connectivity index (χ4v) is 3.77. The number of hydrogen-bond donors (Lipinski definition) is 1. The zero-order valence-electron chi connectivity index (χ0n) is 11.5. The molecule has 5 nitrogen and oxygen atoms in total. The summed E-state index contributed by atoms with van der Waals surface area (Å²) >= 11 is 5.93. The van der Waals surface area contributed by atoms with Gasteiger partial charge in [-0.15, -0.1) is 0 Å². The second-order valence-corrected chi connectivity index (χ2v) is 6.39. The van der Waals surface area contributed by atoms with Crippen molar-refractivity contribution in [1.82, 2.24) is 5.32 Å². The first-order chi connectivity index (χ1) is 10.0. The first-order valence-electron chi connectivity index (χ1n) is 7.22. The first kappa shape index (κ1) is 14.3. The maximum atomic E-state index is 11.8. The lowest BCUT2D eigenvalue weighted by molar-refractivity contribution is -0.531. The SMILES string of the molecule is O=C1CCC([N+](=O)[O-])C(C2(c3ccc(Cl)cc3)CCC2)N1. The van der Waals surface area contributed by atoms with Crippen LogP contribution in [0.5, 0.6) is 0 Å². The normalized spacial score (nSPS) is 27.6. The molecule has 6 heteroatoms. The van der Waals surface area contributed by atoms with Crippen molar-refractivity contribution in [1.29, 1.82) is 0 Å². The highest BCUT2D eigenvalue weighted by Gasteiger charge is 2.54. The summed E-state index contributed by atoms with van der Waals surface area (Å²) in [7, 11) is 0. The van der Waals surface area contributed by atoms with Crippen molar-refractivity contribution in [3.8, 4) is 0 Å². The number of nitrogens with one attached hydrogen (secondary N) is 1. The average molecular weight is 309 g/mol. The Balaban J connectivity index is 1.98. The number of carbonyl (C=O) groups is 1. The largest absolute Gasteiger partial charge is 0.346 e. The number of hydrogen-bond acceptors (Lipinski definition) is 3. The van der Waals surface area contributed by atoms with Gasteiger partial charge in [-0.1, -0.05) is 30.2 Å². The molecule has 2 fully saturated rings. The molecule has 1 amide bonds. The molecule has 1 N–H and O–H groups in total.